The topological polar surface area (TPSA) is 0 Å². The summed E-state index contributed by atoms with van der Waals surface area (Å²) < 4.78 is 197. The van der Waals surface area contributed by atoms with Gasteiger partial charge in [-0.05, 0) is 6.42 Å². The van der Waals surface area contributed by atoms with E-state index in [0.29, 0.717) is 12.8 Å². The Hall–Kier alpha value is -1.05. The summed E-state index contributed by atoms with van der Waals surface area (Å²) in [5.74, 6) is -45.8. The fraction of sp³-hybridized carbons (Fsp3) is 1.00. The van der Waals surface area contributed by atoms with Crippen molar-refractivity contribution in [3.05, 3.63) is 0 Å². The van der Waals surface area contributed by atoms with Gasteiger partial charge in [-0.25, -0.2) is 0 Å². The summed E-state index contributed by atoms with van der Waals surface area (Å²) in [4.78, 5) is 0. The van der Waals surface area contributed by atoms with E-state index < -0.39 is 54.6 Å². The Labute approximate surface area is 211 Å². The maximum atomic E-state index is 13.8. The quantitative estimate of drug-likeness (QED) is 0.0972. The number of rotatable bonds is 20. The van der Waals surface area contributed by atoms with Gasteiger partial charge in [-0.3, -0.25) is 0 Å². The van der Waals surface area contributed by atoms with Gasteiger partial charge in [-0.2, -0.15) is 65.9 Å². The maximum Gasteiger partial charge on any atom is 0.460 e. The van der Waals surface area contributed by atoms with Gasteiger partial charge in [-0.1, -0.05) is 90.4 Å². The Balaban J connectivity index is 4.84. The van der Waals surface area contributed by atoms with Gasteiger partial charge < -0.3 is 0 Å². The van der Waals surface area contributed by atoms with E-state index in [2.05, 4.69) is 6.92 Å². The summed E-state index contributed by atoms with van der Waals surface area (Å²) in [6.45, 7) is 2.10. The molecule has 0 amide bonds. The van der Waals surface area contributed by atoms with Crippen molar-refractivity contribution in [1.29, 1.82) is 0 Å². The molecule has 0 heterocycles. The second kappa shape index (κ2) is 14.0. The molecule has 0 aromatic rings. The normalized spacial score (nSPS) is 14.8. The molecule has 0 radical (unpaired) electrons. The highest BCUT2D eigenvalue weighted by atomic mass is 19.4. The van der Waals surface area contributed by atoms with E-state index in [-0.39, 0.29) is 12.8 Å². The van der Waals surface area contributed by atoms with Gasteiger partial charge in [0.05, 0.1) is 0 Å². The molecule has 0 saturated heterocycles. The monoisotopic (exact) mass is 594 g/mol. The van der Waals surface area contributed by atoms with Gasteiger partial charge in [-0.15, -0.1) is 0 Å². The van der Waals surface area contributed by atoms with Crippen LogP contribution < -0.4 is 0 Å². The summed E-state index contributed by atoms with van der Waals surface area (Å²) >= 11 is 0. The molecule has 0 aromatic heterocycles. The number of hydrogen-bond donors (Lipinski definition) is 0. The van der Waals surface area contributed by atoms with Crippen LogP contribution in [-0.2, 0) is 0 Å². The van der Waals surface area contributed by atoms with Gasteiger partial charge in [0.1, 0.15) is 0 Å². The first-order valence-electron chi connectivity index (χ1n) is 12.4. The van der Waals surface area contributed by atoms with E-state index in [0.717, 1.165) is 44.9 Å². The van der Waals surface area contributed by atoms with Crippen LogP contribution in [0.1, 0.15) is 103 Å². The van der Waals surface area contributed by atoms with Gasteiger partial charge in [0.2, 0.25) is 0 Å². The van der Waals surface area contributed by atoms with Crippen LogP contribution in [0.15, 0.2) is 0 Å². The Bertz CT molecular complexity index is 668. The fourth-order valence-electron chi connectivity index (χ4n) is 3.70. The van der Waals surface area contributed by atoms with Crippen molar-refractivity contribution in [2.45, 2.75) is 145 Å². The highest BCUT2D eigenvalue weighted by Gasteiger charge is 2.93. The standard InChI is InChI=1S/C23H33F15/c1-2-3-4-5-6-7-8-9-10-11-12-13-14-15-16-17(24,25)18(26,27)19(28,29)20(30,31)21(32,33)22(34,35)23(36,37)38/h2-16H2,1H3. The van der Waals surface area contributed by atoms with Crippen molar-refractivity contribution in [3.8, 4) is 0 Å². The molecule has 0 bridgehead atoms. The van der Waals surface area contributed by atoms with Crippen molar-refractivity contribution in [3.63, 3.8) is 0 Å². The molecule has 0 saturated carbocycles. The minimum absolute atomic E-state index is 0.168. The van der Waals surface area contributed by atoms with Crippen LogP contribution in [0.25, 0.3) is 0 Å². The van der Waals surface area contributed by atoms with Crippen LogP contribution in [0.5, 0.6) is 0 Å². The second-order valence-electron chi connectivity index (χ2n) is 9.42. The lowest BCUT2D eigenvalue weighted by atomic mass is 9.89. The molecular weight excluding hydrogens is 561 g/mol. The van der Waals surface area contributed by atoms with Crippen LogP contribution in [0.4, 0.5) is 65.9 Å². The highest BCUT2D eigenvalue weighted by Crippen LogP contribution is 2.62. The molecule has 0 aliphatic rings. The number of unbranched alkanes of at least 4 members (excludes halogenated alkanes) is 13. The number of alkyl halides is 15. The molecule has 230 valence electrons. The van der Waals surface area contributed by atoms with Crippen molar-refractivity contribution in [2.75, 3.05) is 0 Å². The molecule has 15 heteroatoms. The fourth-order valence-corrected chi connectivity index (χ4v) is 3.70. The average molecular weight is 594 g/mol. The minimum Gasteiger partial charge on any atom is -0.200 e. The largest absolute Gasteiger partial charge is 0.460 e. The molecule has 0 N–H and O–H groups in total. The van der Waals surface area contributed by atoms with Crippen LogP contribution in [-0.4, -0.2) is 41.7 Å². The minimum atomic E-state index is -8.21. The lowest BCUT2D eigenvalue weighted by molar-refractivity contribution is -0.452. The number of halogens is 15. The van der Waals surface area contributed by atoms with Crippen LogP contribution in [0.2, 0.25) is 0 Å². The van der Waals surface area contributed by atoms with E-state index in [9.17, 15) is 65.9 Å². The summed E-state index contributed by atoms with van der Waals surface area (Å²) in [5, 5.41) is 0. The van der Waals surface area contributed by atoms with Gasteiger partial charge in [0.15, 0.2) is 0 Å². The smallest absolute Gasteiger partial charge is 0.200 e. The first-order chi connectivity index (χ1) is 17.1. The zero-order valence-electron chi connectivity index (χ0n) is 20.8. The van der Waals surface area contributed by atoms with Crippen molar-refractivity contribution in [2.24, 2.45) is 0 Å². The lowest BCUT2D eigenvalue weighted by Crippen LogP contribution is -2.72. The Morgan fingerprint density at radius 3 is 0.895 bits per heavy atom. The summed E-state index contributed by atoms with van der Waals surface area (Å²) in [6, 6.07) is 0. The van der Waals surface area contributed by atoms with Crippen LogP contribution in [0, 0.1) is 0 Å². The SMILES string of the molecule is CCCCCCCCCCCCCCCCC(F)(F)C(F)(F)C(F)(F)C(F)(F)C(F)(F)C(F)(F)C(F)(F)F. The lowest BCUT2D eigenvalue weighted by Gasteiger charge is -2.41. The van der Waals surface area contributed by atoms with E-state index >= 15 is 0 Å². The summed E-state index contributed by atoms with van der Waals surface area (Å²) in [7, 11) is 0. The van der Waals surface area contributed by atoms with Crippen LogP contribution in [0.3, 0.4) is 0 Å². The first kappa shape index (κ1) is 37.0. The van der Waals surface area contributed by atoms with E-state index in [4.69, 9.17) is 0 Å². The molecule has 0 nitrogen and oxygen atoms in total. The van der Waals surface area contributed by atoms with Crippen molar-refractivity contribution in [1.82, 2.24) is 0 Å². The number of hydrogen-bond acceptors (Lipinski definition) is 0. The summed E-state index contributed by atoms with van der Waals surface area (Å²) in [5.41, 5.74) is 0. The van der Waals surface area contributed by atoms with E-state index in [1.807, 2.05) is 0 Å². The molecule has 0 aliphatic carbocycles. The Morgan fingerprint density at radius 1 is 0.316 bits per heavy atom. The van der Waals surface area contributed by atoms with E-state index in [1.54, 1.807) is 0 Å². The van der Waals surface area contributed by atoms with Crippen molar-refractivity contribution >= 4 is 0 Å². The van der Waals surface area contributed by atoms with Gasteiger partial charge >= 0.3 is 41.7 Å². The molecule has 0 spiro atoms. The third-order valence-electron chi connectivity index (χ3n) is 6.24. The molecule has 0 fully saturated rings. The molecular formula is C23H33F15. The Morgan fingerprint density at radius 2 is 0.579 bits per heavy atom. The molecule has 38 heavy (non-hydrogen) atoms. The molecule has 0 aliphatic heterocycles. The highest BCUT2D eigenvalue weighted by molar-refractivity contribution is 5.12. The van der Waals surface area contributed by atoms with Crippen molar-refractivity contribution < 1.29 is 65.9 Å². The van der Waals surface area contributed by atoms with Crippen LogP contribution >= 0.6 is 0 Å². The zero-order valence-corrected chi connectivity index (χ0v) is 20.8. The average Bonchev–Trinajstić information content (AvgIpc) is 2.77. The van der Waals surface area contributed by atoms with Gasteiger partial charge in [0, 0.05) is 6.42 Å². The third kappa shape index (κ3) is 8.23. The predicted molar refractivity (Wildman–Crippen MR) is 111 cm³/mol. The molecule has 0 aromatic carbocycles. The zero-order chi connectivity index (χ0) is 30.1. The van der Waals surface area contributed by atoms with E-state index in [1.165, 1.54) is 12.8 Å². The first-order valence-corrected chi connectivity index (χ1v) is 12.4. The molecule has 0 unspecified atom stereocenters. The van der Waals surface area contributed by atoms with Gasteiger partial charge in [0.25, 0.3) is 0 Å². The predicted octanol–water partition coefficient (Wildman–Crippen LogP) is 11.2. The summed E-state index contributed by atoms with van der Waals surface area (Å²) in [6.07, 6.45) is -0.280. The maximum absolute atomic E-state index is 13.8. The molecule has 0 atom stereocenters. The Kier molecular flexibility index (Phi) is 13.6. The molecule has 0 rings (SSSR count). The third-order valence-corrected chi connectivity index (χ3v) is 6.24. The second-order valence-corrected chi connectivity index (χ2v) is 9.42.